The van der Waals surface area contributed by atoms with Gasteiger partial charge in [-0.3, -0.25) is 0 Å². The van der Waals surface area contributed by atoms with Crippen LogP contribution >= 0.6 is 23.2 Å². The molecule has 0 unspecified atom stereocenters. The van der Waals surface area contributed by atoms with Crippen molar-refractivity contribution in [1.29, 1.82) is 0 Å². The van der Waals surface area contributed by atoms with Gasteiger partial charge in [0, 0.05) is 34.3 Å². The lowest BCUT2D eigenvalue weighted by Crippen LogP contribution is -2.21. The number of fused-ring (bicyclic) bond motifs is 1. The van der Waals surface area contributed by atoms with Crippen LogP contribution in [0.4, 0.5) is 10.2 Å². The number of benzene rings is 1. The van der Waals surface area contributed by atoms with Crippen molar-refractivity contribution in [2.24, 2.45) is 0 Å². The minimum atomic E-state index is -0.672. The number of nitrogen functional groups attached to an aromatic ring is 1. The zero-order valence-corrected chi connectivity index (χ0v) is 16.6. The first-order valence-electron chi connectivity index (χ1n) is 8.84. The number of aromatic nitrogens is 1. The van der Waals surface area contributed by atoms with E-state index in [4.69, 9.17) is 38.1 Å². The third-order valence-electron chi connectivity index (χ3n) is 4.67. The summed E-state index contributed by atoms with van der Waals surface area (Å²) < 4.78 is 25.9. The molecule has 0 aliphatic carbocycles. The van der Waals surface area contributed by atoms with Gasteiger partial charge in [-0.1, -0.05) is 29.3 Å². The molecule has 2 aromatic heterocycles. The number of hydrogen-bond acceptors (Lipinski definition) is 5. The number of pyridine rings is 1. The van der Waals surface area contributed by atoms with Crippen molar-refractivity contribution in [2.75, 3.05) is 18.8 Å². The summed E-state index contributed by atoms with van der Waals surface area (Å²) >= 11 is 12.3. The lowest BCUT2D eigenvalue weighted by atomic mass is 10.1. The van der Waals surface area contributed by atoms with Gasteiger partial charge in [0.1, 0.15) is 17.7 Å². The van der Waals surface area contributed by atoms with Crippen molar-refractivity contribution in [3.63, 3.8) is 0 Å². The van der Waals surface area contributed by atoms with Crippen LogP contribution in [0.3, 0.4) is 0 Å². The molecule has 0 bridgehead atoms. The molecule has 0 saturated heterocycles. The standard InChI is InChI=1S/C20H18Cl2FN3O2/c1-10(16-13(21)4-5-14(23)17(16)22)27-19-18-12(9-26-20(19)24)7-15(28-18)11-3-2-6-25-8-11/h3-5,7,9-10,25H,2,6,8H2,1H3,(H2,24,26)/t10-/m1/s1. The molecule has 0 amide bonds. The van der Waals surface area contributed by atoms with Gasteiger partial charge in [0.2, 0.25) is 5.75 Å². The monoisotopic (exact) mass is 421 g/mol. The van der Waals surface area contributed by atoms with Gasteiger partial charge < -0.3 is 20.2 Å². The molecule has 1 aromatic carbocycles. The van der Waals surface area contributed by atoms with E-state index in [0.717, 1.165) is 36.2 Å². The fourth-order valence-corrected chi connectivity index (χ4v) is 3.93. The number of ether oxygens (including phenoxy) is 1. The van der Waals surface area contributed by atoms with Crippen LogP contribution in [0.2, 0.25) is 10.0 Å². The van der Waals surface area contributed by atoms with Gasteiger partial charge in [-0.2, -0.15) is 0 Å². The molecule has 3 heterocycles. The van der Waals surface area contributed by atoms with Gasteiger partial charge in [0.25, 0.3) is 0 Å². The number of nitrogens with one attached hydrogen (secondary N) is 1. The Morgan fingerprint density at radius 2 is 2.18 bits per heavy atom. The average molecular weight is 422 g/mol. The molecule has 1 atom stereocenters. The molecule has 0 spiro atoms. The molecule has 28 heavy (non-hydrogen) atoms. The van der Waals surface area contributed by atoms with E-state index in [-0.39, 0.29) is 16.6 Å². The van der Waals surface area contributed by atoms with Crippen LogP contribution in [-0.4, -0.2) is 18.1 Å². The number of rotatable bonds is 4. The summed E-state index contributed by atoms with van der Waals surface area (Å²) in [7, 11) is 0. The first kappa shape index (κ1) is 19.1. The van der Waals surface area contributed by atoms with Crippen LogP contribution < -0.4 is 15.8 Å². The minimum absolute atomic E-state index is 0.0859. The van der Waals surface area contributed by atoms with Crippen LogP contribution in [-0.2, 0) is 0 Å². The molecule has 4 rings (SSSR count). The Kier molecular flexibility index (Phi) is 5.19. The first-order valence-corrected chi connectivity index (χ1v) is 9.59. The number of furan rings is 1. The molecule has 8 heteroatoms. The SMILES string of the molecule is C[C@@H](Oc1c(N)ncc2cc(C3=CCCNC3)oc12)c1c(Cl)ccc(F)c1Cl. The molecule has 1 aliphatic heterocycles. The molecular weight excluding hydrogens is 404 g/mol. The fourth-order valence-electron chi connectivity index (χ4n) is 3.25. The van der Waals surface area contributed by atoms with E-state index in [2.05, 4.69) is 16.4 Å². The summed E-state index contributed by atoms with van der Waals surface area (Å²) in [5.41, 5.74) is 7.92. The topological polar surface area (TPSA) is 73.3 Å². The van der Waals surface area contributed by atoms with Crippen LogP contribution in [0.25, 0.3) is 16.5 Å². The van der Waals surface area contributed by atoms with Crippen molar-refractivity contribution in [3.8, 4) is 5.75 Å². The number of nitrogens with two attached hydrogens (primary N) is 1. The number of halogens is 3. The van der Waals surface area contributed by atoms with Gasteiger partial charge in [0.15, 0.2) is 11.4 Å². The predicted molar refractivity (Wildman–Crippen MR) is 109 cm³/mol. The van der Waals surface area contributed by atoms with Crippen molar-refractivity contribution in [3.05, 3.63) is 57.7 Å². The Morgan fingerprint density at radius 3 is 2.93 bits per heavy atom. The van der Waals surface area contributed by atoms with E-state index in [1.165, 1.54) is 12.1 Å². The molecule has 0 saturated carbocycles. The number of nitrogens with zero attached hydrogens (tertiary/aromatic N) is 1. The number of hydrogen-bond donors (Lipinski definition) is 2. The van der Waals surface area contributed by atoms with Crippen LogP contribution in [0.5, 0.6) is 5.75 Å². The molecule has 0 fully saturated rings. The third-order valence-corrected chi connectivity index (χ3v) is 5.38. The summed E-state index contributed by atoms with van der Waals surface area (Å²) in [5, 5.41) is 4.29. The van der Waals surface area contributed by atoms with E-state index in [1.807, 2.05) is 6.07 Å². The zero-order chi connectivity index (χ0) is 19.8. The summed E-state index contributed by atoms with van der Waals surface area (Å²) in [6.45, 7) is 3.38. The lowest BCUT2D eigenvalue weighted by molar-refractivity contribution is 0.227. The van der Waals surface area contributed by atoms with Gasteiger partial charge in [0.05, 0.1) is 5.02 Å². The van der Waals surface area contributed by atoms with Crippen molar-refractivity contribution in [2.45, 2.75) is 19.4 Å². The highest BCUT2D eigenvalue weighted by Gasteiger charge is 2.23. The minimum Gasteiger partial charge on any atom is -0.478 e. The highest BCUT2D eigenvalue weighted by atomic mass is 35.5. The molecule has 3 aromatic rings. The largest absolute Gasteiger partial charge is 0.478 e. The Bertz CT molecular complexity index is 1080. The summed E-state index contributed by atoms with van der Waals surface area (Å²) in [6.07, 6.45) is 4.03. The zero-order valence-electron chi connectivity index (χ0n) is 15.1. The lowest BCUT2D eigenvalue weighted by Gasteiger charge is -2.18. The Labute approximate surface area is 171 Å². The van der Waals surface area contributed by atoms with Gasteiger partial charge in [-0.15, -0.1) is 0 Å². The highest BCUT2D eigenvalue weighted by Crippen LogP contribution is 2.40. The van der Waals surface area contributed by atoms with Gasteiger partial charge in [-0.25, -0.2) is 9.37 Å². The highest BCUT2D eigenvalue weighted by molar-refractivity contribution is 6.36. The third kappa shape index (κ3) is 3.43. The molecule has 146 valence electrons. The fraction of sp³-hybridized carbons (Fsp3) is 0.250. The van der Waals surface area contributed by atoms with Crippen LogP contribution in [0.1, 0.15) is 30.8 Å². The van der Waals surface area contributed by atoms with Gasteiger partial charge in [-0.05, 0) is 38.1 Å². The summed E-state index contributed by atoms with van der Waals surface area (Å²) in [6, 6.07) is 4.55. The quantitative estimate of drug-likeness (QED) is 0.553. The number of anilines is 1. The van der Waals surface area contributed by atoms with Crippen molar-refractivity contribution < 1.29 is 13.5 Å². The van der Waals surface area contributed by atoms with Crippen LogP contribution in [0, 0.1) is 5.82 Å². The van der Waals surface area contributed by atoms with Crippen molar-refractivity contribution >= 4 is 45.6 Å². The maximum atomic E-state index is 13.9. The summed E-state index contributed by atoms with van der Waals surface area (Å²) in [4.78, 5) is 4.19. The Hall–Kier alpha value is -2.28. The normalized spacial score (nSPS) is 15.5. The summed E-state index contributed by atoms with van der Waals surface area (Å²) in [5.74, 6) is 0.600. The molecule has 3 N–H and O–H groups in total. The second-order valence-corrected chi connectivity index (χ2v) is 7.36. The second-order valence-electron chi connectivity index (χ2n) is 6.58. The molecule has 5 nitrogen and oxygen atoms in total. The van der Waals surface area contributed by atoms with E-state index in [1.54, 1.807) is 13.1 Å². The average Bonchev–Trinajstić information content (AvgIpc) is 3.13. The Morgan fingerprint density at radius 1 is 1.36 bits per heavy atom. The maximum Gasteiger partial charge on any atom is 0.205 e. The Balaban J connectivity index is 1.74. The molecular formula is C20H18Cl2FN3O2. The van der Waals surface area contributed by atoms with E-state index in [9.17, 15) is 4.39 Å². The second kappa shape index (κ2) is 7.62. The van der Waals surface area contributed by atoms with E-state index >= 15 is 0 Å². The first-order chi connectivity index (χ1) is 13.5. The van der Waals surface area contributed by atoms with E-state index < -0.39 is 11.9 Å². The predicted octanol–water partition coefficient (Wildman–Crippen LogP) is 5.37. The molecule has 0 radical (unpaired) electrons. The maximum absolute atomic E-state index is 13.9. The molecule has 1 aliphatic rings. The smallest absolute Gasteiger partial charge is 0.205 e. The van der Waals surface area contributed by atoms with E-state index in [0.29, 0.717) is 16.2 Å². The van der Waals surface area contributed by atoms with Gasteiger partial charge >= 0.3 is 0 Å². The van der Waals surface area contributed by atoms with Crippen LogP contribution in [0.15, 0.2) is 34.9 Å². The van der Waals surface area contributed by atoms with Crippen molar-refractivity contribution in [1.82, 2.24) is 10.3 Å².